The number of nitrogens with zero attached hydrogens (tertiary/aromatic N) is 4. The lowest BCUT2D eigenvalue weighted by molar-refractivity contribution is 0.0629. The zero-order chi connectivity index (χ0) is 21.8. The summed E-state index contributed by atoms with van der Waals surface area (Å²) in [4.78, 5) is 24.5. The Labute approximate surface area is 184 Å². The SMILES string of the molecule is Cc1ccccc1-c1ccc(C(=O)N2CCN(Cc3ccccc3)CC2)c(N(C)C)n1. The Morgan fingerprint density at radius 3 is 2.26 bits per heavy atom. The van der Waals surface area contributed by atoms with E-state index in [1.54, 1.807) is 0 Å². The van der Waals surface area contributed by atoms with E-state index in [1.807, 2.05) is 54.2 Å². The van der Waals surface area contributed by atoms with Gasteiger partial charge in [-0.1, -0.05) is 54.6 Å². The van der Waals surface area contributed by atoms with Crippen molar-refractivity contribution in [1.82, 2.24) is 14.8 Å². The highest BCUT2D eigenvalue weighted by atomic mass is 16.2. The van der Waals surface area contributed by atoms with Crippen molar-refractivity contribution in [2.45, 2.75) is 13.5 Å². The molecule has 1 amide bonds. The molecule has 0 radical (unpaired) electrons. The normalized spacial score (nSPS) is 14.5. The summed E-state index contributed by atoms with van der Waals surface area (Å²) in [5.74, 6) is 0.782. The Morgan fingerprint density at radius 2 is 1.58 bits per heavy atom. The minimum Gasteiger partial charge on any atom is -0.362 e. The lowest BCUT2D eigenvalue weighted by Crippen LogP contribution is -2.48. The molecule has 0 N–H and O–H groups in total. The van der Waals surface area contributed by atoms with E-state index in [4.69, 9.17) is 4.98 Å². The zero-order valence-corrected chi connectivity index (χ0v) is 18.6. The second kappa shape index (κ2) is 9.31. The average Bonchev–Trinajstić information content (AvgIpc) is 2.80. The molecular weight excluding hydrogens is 384 g/mol. The van der Waals surface area contributed by atoms with Crippen LogP contribution in [0.25, 0.3) is 11.3 Å². The third-order valence-corrected chi connectivity index (χ3v) is 5.86. The molecule has 1 aliphatic rings. The molecule has 5 heteroatoms. The van der Waals surface area contributed by atoms with Crippen LogP contribution in [0.15, 0.2) is 66.7 Å². The van der Waals surface area contributed by atoms with Gasteiger partial charge in [0, 0.05) is 52.4 Å². The summed E-state index contributed by atoms with van der Waals surface area (Å²) < 4.78 is 0. The third kappa shape index (κ3) is 4.78. The van der Waals surface area contributed by atoms with Gasteiger partial charge in [-0.3, -0.25) is 9.69 Å². The maximum absolute atomic E-state index is 13.3. The highest BCUT2D eigenvalue weighted by molar-refractivity contribution is 5.99. The molecule has 1 saturated heterocycles. The highest BCUT2D eigenvalue weighted by Gasteiger charge is 2.25. The van der Waals surface area contributed by atoms with E-state index in [9.17, 15) is 4.79 Å². The highest BCUT2D eigenvalue weighted by Crippen LogP contribution is 2.27. The number of hydrogen-bond donors (Lipinski definition) is 0. The van der Waals surface area contributed by atoms with Crippen LogP contribution in [0.2, 0.25) is 0 Å². The zero-order valence-electron chi connectivity index (χ0n) is 18.6. The fourth-order valence-corrected chi connectivity index (χ4v) is 4.09. The van der Waals surface area contributed by atoms with Crippen molar-refractivity contribution in [3.05, 3.63) is 83.4 Å². The Hall–Kier alpha value is -3.18. The van der Waals surface area contributed by atoms with Gasteiger partial charge >= 0.3 is 0 Å². The van der Waals surface area contributed by atoms with Crippen molar-refractivity contribution in [2.75, 3.05) is 45.2 Å². The van der Waals surface area contributed by atoms with Crippen LogP contribution in [0.5, 0.6) is 0 Å². The van der Waals surface area contributed by atoms with E-state index in [-0.39, 0.29) is 5.91 Å². The number of rotatable bonds is 5. The Bertz CT molecular complexity index is 1040. The quantitative estimate of drug-likeness (QED) is 0.631. The van der Waals surface area contributed by atoms with Crippen LogP contribution in [-0.2, 0) is 6.54 Å². The van der Waals surface area contributed by atoms with Gasteiger partial charge < -0.3 is 9.80 Å². The molecule has 2 aromatic carbocycles. The van der Waals surface area contributed by atoms with Crippen molar-refractivity contribution in [1.29, 1.82) is 0 Å². The fraction of sp³-hybridized carbons (Fsp3) is 0.308. The molecule has 0 atom stereocenters. The number of aromatic nitrogens is 1. The van der Waals surface area contributed by atoms with Gasteiger partial charge in [0.1, 0.15) is 5.82 Å². The summed E-state index contributed by atoms with van der Waals surface area (Å²) in [6.07, 6.45) is 0. The number of pyridine rings is 1. The minimum atomic E-state index is 0.0619. The lowest BCUT2D eigenvalue weighted by Gasteiger charge is -2.35. The number of benzene rings is 2. The van der Waals surface area contributed by atoms with Crippen LogP contribution >= 0.6 is 0 Å². The standard InChI is InChI=1S/C26H30N4O/c1-20-9-7-8-12-22(20)24-14-13-23(25(27-24)28(2)3)26(31)30-17-15-29(16-18-30)19-21-10-5-4-6-11-21/h4-14H,15-19H2,1-3H3. The minimum absolute atomic E-state index is 0.0619. The van der Waals surface area contributed by atoms with Crippen LogP contribution < -0.4 is 4.90 Å². The van der Waals surface area contributed by atoms with Gasteiger partial charge in [0.05, 0.1) is 11.3 Å². The summed E-state index contributed by atoms with van der Waals surface area (Å²) in [5.41, 5.74) is 5.14. The summed E-state index contributed by atoms with van der Waals surface area (Å²) in [7, 11) is 3.89. The molecule has 0 saturated carbocycles. The molecule has 0 bridgehead atoms. The van der Waals surface area contributed by atoms with Crippen LogP contribution in [-0.4, -0.2) is 61.0 Å². The smallest absolute Gasteiger partial charge is 0.257 e. The number of anilines is 1. The number of hydrogen-bond acceptors (Lipinski definition) is 4. The molecule has 5 nitrogen and oxygen atoms in total. The molecule has 0 aliphatic carbocycles. The first kappa shape index (κ1) is 21.1. The molecule has 1 aliphatic heterocycles. The topological polar surface area (TPSA) is 39.7 Å². The van der Waals surface area contributed by atoms with E-state index in [1.165, 1.54) is 11.1 Å². The van der Waals surface area contributed by atoms with Crippen molar-refractivity contribution < 1.29 is 4.79 Å². The van der Waals surface area contributed by atoms with Crippen LogP contribution in [0.1, 0.15) is 21.5 Å². The van der Waals surface area contributed by atoms with Gasteiger partial charge in [0.25, 0.3) is 5.91 Å². The summed E-state index contributed by atoms with van der Waals surface area (Å²) in [5, 5.41) is 0. The van der Waals surface area contributed by atoms with E-state index in [0.29, 0.717) is 5.56 Å². The molecule has 1 aromatic heterocycles. The maximum Gasteiger partial charge on any atom is 0.257 e. The van der Waals surface area contributed by atoms with Crippen molar-refractivity contribution in [3.63, 3.8) is 0 Å². The number of carbonyl (C=O) groups excluding carboxylic acids is 1. The number of amides is 1. The maximum atomic E-state index is 13.3. The van der Waals surface area contributed by atoms with Gasteiger partial charge in [-0.15, -0.1) is 0 Å². The Balaban J connectivity index is 1.49. The van der Waals surface area contributed by atoms with Gasteiger partial charge in [-0.25, -0.2) is 4.98 Å². The molecule has 0 unspecified atom stereocenters. The predicted octanol–water partition coefficient (Wildman–Crippen LogP) is 4.08. The van der Waals surface area contributed by atoms with E-state index in [0.717, 1.165) is 49.8 Å². The van der Waals surface area contributed by atoms with E-state index < -0.39 is 0 Å². The Kier molecular flexibility index (Phi) is 6.33. The molecule has 3 aromatic rings. The van der Waals surface area contributed by atoms with Crippen molar-refractivity contribution >= 4 is 11.7 Å². The monoisotopic (exact) mass is 414 g/mol. The first-order valence-corrected chi connectivity index (χ1v) is 10.8. The third-order valence-electron chi connectivity index (χ3n) is 5.86. The van der Waals surface area contributed by atoms with Crippen LogP contribution in [0.3, 0.4) is 0 Å². The predicted molar refractivity (Wildman–Crippen MR) is 126 cm³/mol. The second-order valence-electron chi connectivity index (χ2n) is 8.33. The molecule has 31 heavy (non-hydrogen) atoms. The lowest BCUT2D eigenvalue weighted by atomic mass is 10.0. The number of carbonyl (C=O) groups is 1. The van der Waals surface area contributed by atoms with Gasteiger partial charge in [0.2, 0.25) is 0 Å². The first-order valence-electron chi connectivity index (χ1n) is 10.8. The molecule has 4 rings (SSSR count). The summed E-state index contributed by atoms with van der Waals surface area (Å²) >= 11 is 0. The number of piperazine rings is 1. The summed E-state index contributed by atoms with van der Waals surface area (Å²) in [6, 6.07) is 22.6. The van der Waals surface area contributed by atoms with Gasteiger partial charge in [-0.05, 0) is 30.2 Å². The van der Waals surface area contributed by atoms with Crippen molar-refractivity contribution in [3.8, 4) is 11.3 Å². The number of aryl methyl sites for hydroxylation is 1. The average molecular weight is 415 g/mol. The second-order valence-corrected chi connectivity index (χ2v) is 8.33. The van der Waals surface area contributed by atoms with Crippen molar-refractivity contribution in [2.24, 2.45) is 0 Å². The largest absolute Gasteiger partial charge is 0.362 e. The molecule has 1 fully saturated rings. The van der Waals surface area contributed by atoms with E-state index in [2.05, 4.69) is 48.2 Å². The fourth-order valence-electron chi connectivity index (χ4n) is 4.09. The molecule has 0 spiro atoms. The van der Waals surface area contributed by atoms with Crippen LogP contribution in [0.4, 0.5) is 5.82 Å². The molecular formula is C26H30N4O. The van der Waals surface area contributed by atoms with Gasteiger partial charge in [-0.2, -0.15) is 0 Å². The van der Waals surface area contributed by atoms with E-state index >= 15 is 0 Å². The molecule has 2 heterocycles. The molecule has 160 valence electrons. The Morgan fingerprint density at radius 1 is 0.903 bits per heavy atom. The first-order chi connectivity index (χ1) is 15.0. The summed E-state index contributed by atoms with van der Waals surface area (Å²) in [6.45, 7) is 6.24. The van der Waals surface area contributed by atoms with Gasteiger partial charge in [0.15, 0.2) is 0 Å². The van der Waals surface area contributed by atoms with Crippen LogP contribution in [0, 0.1) is 6.92 Å².